The summed E-state index contributed by atoms with van der Waals surface area (Å²) in [6.07, 6.45) is 4.25. The Hall–Kier alpha value is -2.07. The first-order valence-electron chi connectivity index (χ1n) is 5.14. The smallest absolute Gasteiger partial charge is 0.128 e. The van der Waals surface area contributed by atoms with Crippen LogP contribution in [0.2, 0.25) is 0 Å². The summed E-state index contributed by atoms with van der Waals surface area (Å²) in [4.78, 5) is 7.93. The van der Waals surface area contributed by atoms with E-state index in [-0.39, 0.29) is 6.61 Å². The van der Waals surface area contributed by atoms with E-state index >= 15 is 0 Å². The molecule has 1 N–H and O–H groups in total. The third-order valence-corrected chi connectivity index (χ3v) is 2.31. The molecule has 0 spiro atoms. The molecule has 2 rings (SSSR count). The highest BCUT2D eigenvalue weighted by molar-refractivity contribution is 5.65. The number of hydrogen-bond donors (Lipinski definition) is 1. The van der Waals surface area contributed by atoms with Crippen LogP contribution in [0, 0.1) is 0 Å². The molecule has 1 aromatic carbocycles. The molecule has 0 saturated carbocycles. The maximum atomic E-state index is 13.3. The van der Waals surface area contributed by atoms with E-state index in [0.29, 0.717) is 5.56 Å². The predicted molar refractivity (Wildman–Crippen MR) is 63.6 cm³/mol. The van der Waals surface area contributed by atoms with Gasteiger partial charge >= 0.3 is 0 Å². The molecule has 86 valence electrons. The van der Waals surface area contributed by atoms with Crippen molar-refractivity contribution in [1.29, 1.82) is 0 Å². The lowest BCUT2D eigenvalue weighted by molar-refractivity contribution is 0.342. The Morgan fingerprint density at radius 1 is 1.24 bits per heavy atom. The summed E-state index contributed by atoms with van der Waals surface area (Å²) in [5.74, 6) is -0.429. The zero-order chi connectivity index (χ0) is 12.1. The van der Waals surface area contributed by atoms with Crippen LogP contribution in [0.4, 0.5) is 4.39 Å². The number of aliphatic hydroxyl groups is 1. The number of hydrogen-bond acceptors (Lipinski definition) is 3. The van der Waals surface area contributed by atoms with Gasteiger partial charge in [-0.05, 0) is 12.1 Å². The Balaban J connectivity index is 2.28. The van der Waals surface area contributed by atoms with Crippen molar-refractivity contribution in [3.05, 3.63) is 54.5 Å². The first kappa shape index (κ1) is 11.4. The Labute approximate surface area is 98.3 Å². The van der Waals surface area contributed by atoms with Gasteiger partial charge in [0.25, 0.3) is 0 Å². The highest BCUT2D eigenvalue weighted by atomic mass is 19.1. The normalized spacial score (nSPS) is 11.5. The van der Waals surface area contributed by atoms with Gasteiger partial charge in [0.1, 0.15) is 12.2 Å². The lowest BCUT2D eigenvalue weighted by Gasteiger charge is -2.01. The van der Waals surface area contributed by atoms with Crippen molar-refractivity contribution in [3.63, 3.8) is 0 Å². The molecule has 2 aromatic rings. The van der Waals surface area contributed by atoms with Crippen LogP contribution in [0.15, 0.2) is 48.9 Å². The van der Waals surface area contributed by atoms with Gasteiger partial charge in [0.2, 0.25) is 0 Å². The first-order valence-corrected chi connectivity index (χ1v) is 5.14. The predicted octanol–water partition coefficient (Wildman–Crippen LogP) is 2.45. The fourth-order valence-corrected chi connectivity index (χ4v) is 1.46. The average Bonchev–Trinajstić information content (AvgIpc) is 2.40. The molecule has 0 amide bonds. The first-order chi connectivity index (χ1) is 8.31. The van der Waals surface area contributed by atoms with Crippen LogP contribution in [-0.4, -0.2) is 21.7 Å². The second-order valence-electron chi connectivity index (χ2n) is 3.41. The Kier molecular flexibility index (Phi) is 3.57. The maximum Gasteiger partial charge on any atom is 0.128 e. The van der Waals surface area contributed by atoms with Crippen molar-refractivity contribution >= 4 is 5.83 Å². The average molecular weight is 230 g/mol. The molecule has 0 atom stereocenters. The van der Waals surface area contributed by atoms with E-state index in [2.05, 4.69) is 9.97 Å². The molecule has 1 aromatic heterocycles. The zero-order valence-corrected chi connectivity index (χ0v) is 9.05. The van der Waals surface area contributed by atoms with Crippen molar-refractivity contribution in [2.24, 2.45) is 0 Å². The summed E-state index contributed by atoms with van der Waals surface area (Å²) in [7, 11) is 0. The van der Waals surface area contributed by atoms with E-state index < -0.39 is 5.83 Å². The van der Waals surface area contributed by atoms with Crippen molar-refractivity contribution in [2.45, 2.75) is 0 Å². The van der Waals surface area contributed by atoms with Gasteiger partial charge in [0.15, 0.2) is 0 Å². The van der Waals surface area contributed by atoms with Gasteiger partial charge in [-0.1, -0.05) is 24.3 Å². The minimum absolute atomic E-state index is 0.306. The summed E-state index contributed by atoms with van der Waals surface area (Å²) >= 11 is 0. The topological polar surface area (TPSA) is 46.0 Å². The van der Waals surface area contributed by atoms with Crippen molar-refractivity contribution < 1.29 is 9.50 Å². The number of rotatable bonds is 3. The van der Waals surface area contributed by atoms with Gasteiger partial charge in [-0.25, -0.2) is 14.4 Å². The molecule has 0 aliphatic heterocycles. The molecular weight excluding hydrogens is 219 g/mol. The second-order valence-corrected chi connectivity index (χ2v) is 3.41. The minimum atomic E-state index is -0.429. The van der Waals surface area contributed by atoms with E-state index in [1.807, 2.05) is 0 Å². The Bertz CT molecular complexity index is 509. The van der Waals surface area contributed by atoms with Crippen molar-refractivity contribution in [2.75, 3.05) is 6.61 Å². The molecule has 17 heavy (non-hydrogen) atoms. The summed E-state index contributed by atoms with van der Waals surface area (Å²) < 4.78 is 13.3. The molecule has 0 unspecified atom stereocenters. The van der Waals surface area contributed by atoms with E-state index in [1.165, 1.54) is 6.33 Å². The zero-order valence-electron chi connectivity index (χ0n) is 9.05. The summed E-state index contributed by atoms with van der Waals surface area (Å²) in [6, 6.07) is 8.65. The highest BCUT2D eigenvalue weighted by Gasteiger charge is 2.01. The van der Waals surface area contributed by atoms with Gasteiger partial charge in [0, 0.05) is 17.3 Å². The molecule has 0 aliphatic rings. The van der Waals surface area contributed by atoms with E-state index in [0.717, 1.165) is 17.3 Å². The summed E-state index contributed by atoms with van der Waals surface area (Å²) in [6.45, 7) is -0.306. The molecular formula is C13H11FN2O. The van der Waals surface area contributed by atoms with E-state index in [9.17, 15) is 4.39 Å². The number of halogens is 1. The third kappa shape index (κ3) is 2.73. The summed E-state index contributed by atoms with van der Waals surface area (Å²) in [5, 5.41) is 8.60. The monoisotopic (exact) mass is 230 g/mol. The van der Waals surface area contributed by atoms with Gasteiger partial charge in [0.05, 0.1) is 12.3 Å². The Morgan fingerprint density at radius 2 is 2.00 bits per heavy atom. The molecule has 0 fully saturated rings. The molecule has 4 heteroatoms. The third-order valence-electron chi connectivity index (χ3n) is 2.31. The van der Waals surface area contributed by atoms with Crippen LogP contribution in [-0.2, 0) is 0 Å². The standard InChI is InChI=1S/C13H11FN2O/c14-12(6-8-17)10-1-3-11(4-2-10)13-5-7-15-9-16-13/h1-7,9,17H,8H2/b12-6-. The number of nitrogens with zero attached hydrogens (tertiary/aromatic N) is 2. The van der Waals surface area contributed by atoms with E-state index in [1.54, 1.807) is 36.5 Å². The molecule has 0 saturated heterocycles. The van der Waals surface area contributed by atoms with Crippen LogP contribution in [0.5, 0.6) is 0 Å². The van der Waals surface area contributed by atoms with Gasteiger partial charge < -0.3 is 5.11 Å². The van der Waals surface area contributed by atoms with Gasteiger partial charge in [-0.2, -0.15) is 0 Å². The molecule has 1 heterocycles. The quantitative estimate of drug-likeness (QED) is 0.880. The van der Waals surface area contributed by atoms with Crippen molar-refractivity contribution in [3.8, 4) is 11.3 Å². The highest BCUT2D eigenvalue weighted by Crippen LogP contribution is 2.21. The van der Waals surface area contributed by atoms with Gasteiger partial charge in [-0.15, -0.1) is 0 Å². The number of aromatic nitrogens is 2. The van der Waals surface area contributed by atoms with E-state index in [4.69, 9.17) is 5.11 Å². The van der Waals surface area contributed by atoms with Crippen LogP contribution >= 0.6 is 0 Å². The maximum absolute atomic E-state index is 13.3. The fraction of sp³-hybridized carbons (Fsp3) is 0.0769. The summed E-state index contributed by atoms with van der Waals surface area (Å²) in [5.41, 5.74) is 2.13. The Morgan fingerprint density at radius 3 is 2.59 bits per heavy atom. The molecule has 0 radical (unpaired) electrons. The minimum Gasteiger partial charge on any atom is -0.392 e. The molecule has 0 bridgehead atoms. The molecule has 0 aliphatic carbocycles. The SMILES string of the molecule is OC/C=C(\F)c1ccc(-c2ccncn2)cc1. The number of aliphatic hydroxyl groups excluding tert-OH is 1. The lowest BCUT2D eigenvalue weighted by Crippen LogP contribution is -1.85. The fourth-order valence-electron chi connectivity index (χ4n) is 1.46. The second kappa shape index (κ2) is 5.32. The van der Waals surface area contributed by atoms with Crippen LogP contribution in [0.3, 0.4) is 0 Å². The van der Waals surface area contributed by atoms with Crippen LogP contribution in [0.1, 0.15) is 5.56 Å². The van der Waals surface area contributed by atoms with Crippen LogP contribution < -0.4 is 0 Å². The van der Waals surface area contributed by atoms with Crippen molar-refractivity contribution in [1.82, 2.24) is 9.97 Å². The van der Waals surface area contributed by atoms with Crippen LogP contribution in [0.25, 0.3) is 17.1 Å². The largest absolute Gasteiger partial charge is 0.392 e. The number of benzene rings is 1. The lowest BCUT2D eigenvalue weighted by atomic mass is 10.1. The van der Waals surface area contributed by atoms with Gasteiger partial charge in [-0.3, -0.25) is 0 Å². The molecule has 3 nitrogen and oxygen atoms in total.